The van der Waals surface area contributed by atoms with Gasteiger partial charge in [0.2, 0.25) is 5.76 Å². The molecule has 0 bridgehead atoms. The van der Waals surface area contributed by atoms with Gasteiger partial charge in [-0.1, -0.05) is 36.4 Å². The zero-order valence-electron chi connectivity index (χ0n) is 19.7. The minimum atomic E-state index is -0.753. The molecule has 1 aliphatic rings. The lowest BCUT2D eigenvalue weighted by Crippen LogP contribution is -2.30. The molecule has 4 aromatic rings. The average molecular weight is 469 g/mol. The van der Waals surface area contributed by atoms with E-state index < -0.39 is 11.9 Å². The molecule has 0 aliphatic carbocycles. The van der Waals surface area contributed by atoms with Crippen molar-refractivity contribution in [2.75, 3.05) is 18.6 Å². The highest BCUT2D eigenvalue weighted by Crippen LogP contribution is 2.42. The number of benzene rings is 2. The maximum Gasteiger partial charge on any atom is 0.296 e. The summed E-state index contributed by atoms with van der Waals surface area (Å²) in [6.45, 7) is 7.81. The first kappa shape index (κ1) is 22.4. The van der Waals surface area contributed by atoms with Gasteiger partial charge in [0.05, 0.1) is 24.1 Å². The Morgan fingerprint density at radius 2 is 1.86 bits per heavy atom. The predicted molar refractivity (Wildman–Crippen MR) is 134 cm³/mol. The number of carbonyl (C=O) groups excluding carboxylic acids is 1. The first-order chi connectivity index (χ1) is 16.9. The van der Waals surface area contributed by atoms with Crippen LogP contribution in [0.15, 0.2) is 76.6 Å². The standard InChI is InChI=1S/C28H24N2O5/c1-5-12-34-21-10-8-18(14-22(21)33-4)25-24-26(31)19-13-16(2)6-9-20(19)35-27(24)28(32)30(25)23-11-7-17(3)15-29-23/h5-11,13-15,25H,1,12H2,2-4H3. The smallest absolute Gasteiger partial charge is 0.296 e. The highest BCUT2D eigenvalue weighted by molar-refractivity contribution is 6.10. The summed E-state index contributed by atoms with van der Waals surface area (Å²) in [6.07, 6.45) is 3.33. The van der Waals surface area contributed by atoms with Gasteiger partial charge in [-0.25, -0.2) is 4.98 Å². The van der Waals surface area contributed by atoms with Gasteiger partial charge in [0.25, 0.3) is 5.91 Å². The van der Waals surface area contributed by atoms with Crippen molar-refractivity contribution >= 4 is 22.7 Å². The second kappa shape index (κ2) is 8.76. The van der Waals surface area contributed by atoms with E-state index in [1.54, 1.807) is 42.6 Å². The fourth-order valence-electron chi connectivity index (χ4n) is 4.36. The van der Waals surface area contributed by atoms with Crippen molar-refractivity contribution in [2.45, 2.75) is 19.9 Å². The highest BCUT2D eigenvalue weighted by Gasteiger charge is 2.44. The normalized spacial score (nSPS) is 14.8. The van der Waals surface area contributed by atoms with Crippen molar-refractivity contribution in [3.05, 3.63) is 106 Å². The second-order valence-electron chi connectivity index (χ2n) is 8.46. The van der Waals surface area contributed by atoms with Crippen molar-refractivity contribution in [2.24, 2.45) is 0 Å². The average Bonchev–Trinajstić information content (AvgIpc) is 3.16. The van der Waals surface area contributed by atoms with Gasteiger partial charge in [-0.05, 0) is 55.3 Å². The number of nitrogens with zero attached hydrogens (tertiary/aromatic N) is 2. The summed E-state index contributed by atoms with van der Waals surface area (Å²) in [5.74, 6) is 1.02. The first-order valence-corrected chi connectivity index (χ1v) is 11.2. The molecule has 0 radical (unpaired) electrons. The summed E-state index contributed by atoms with van der Waals surface area (Å²) in [6, 6.07) is 13.6. The Bertz CT molecular complexity index is 1520. The quantitative estimate of drug-likeness (QED) is 0.365. The maximum atomic E-state index is 13.8. The minimum Gasteiger partial charge on any atom is -0.493 e. The Kier molecular flexibility index (Phi) is 5.61. The van der Waals surface area contributed by atoms with Crippen molar-refractivity contribution in [1.82, 2.24) is 4.98 Å². The number of pyridine rings is 1. The Labute approximate surface area is 202 Å². The van der Waals surface area contributed by atoms with Crippen LogP contribution in [-0.4, -0.2) is 24.6 Å². The van der Waals surface area contributed by atoms with Gasteiger partial charge < -0.3 is 13.9 Å². The molecule has 7 heteroatoms. The Balaban J connectivity index is 1.76. The Hall–Kier alpha value is -4.39. The molecule has 1 unspecified atom stereocenters. The van der Waals surface area contributed by atoms with E-state index in [4.69, 9.17) is 13.9 Å². The van der Waals surface area contributed by atoms with E-state index in [1.807, 2.05) is 32.0 Å². The van der Waals surface area contributed by atoms with E-state index in [0.29, 0.717) is 40.5 Å². The molecule has 0 saturated carbocycles. The van der Waals surface area contributed by atoms with Crippen LogP contribution in [0.2, 0.25) is 0 Å². The van der Waals surface area contributed by atoms with Crippen LogP contribution in [0.25, 0.3) is 11.0 Å². The van der Waals surface area contributed by atoms with Crippen LogP contribution >= 0.6 is 0 Å². The summed E-state index contributed by atoms with van der Waals surface area (Å²) in [7, 11) is 1.54. The number of ether oxygens (including phenoxy) is 2. The molecule has 1 amide bonds. The fourth-order valence-corrected chi connectivity index (χ4v) is 4.36. The van der Waals surface area contributed by atoms with E-state index in [0.717, 1.165) is 11.1 Å². The van der Waals surface area contributed by atoms with Gasteiger partial charge in [-0.15, -0.1) is 0 Å². The lowest BCUT2D eigenvalue weighted by atomic mass is 9.97. The molecule has 176 valence electrons. The van der Waals surface area contributed by atoms with Crippen LogP contribution < -0.4 is 19.8 Å². The number of hydrogen-bond acceptors (Lipinski definition) is 6. The molecule has 0 saturated heterocycles. The van der Waals surface area contributed by atoms with Crippen molar-refractivity contribution < 1.29 is 18.7 Å². The third kappa shape index (κ3) is 3.75. The largest absolute Gasteiger partial charge is 0.493 e. The highest BCUT2D eigenvalue weighted by atomic mass is 16.5. The number of methoxy groups -OCH3 is 1. The van der Waals surface area contributed by atoms with Crippen LogP contribution in [0.4, 0.5) is 5.82 Å². The zero-order valence-corrected chi connectivity index (χ0v) is 19.7. The van der Waals surface area contributed by atoms with Crippen LogP contribution in [0.1, 0.15) is 38.9 Å². The Morgan fingerprint density at radius 3 is 2.57 bits per heavy atom. The molecule has 7 nitrogen and oxygen atoms in total. The molecule has 1 aliphatic heterocycles. The molecule has 0 fully saturated rings. The number of hydrogen-bond donors (Lipinski definition) is 0. The van der Waals surface area contributed by atoms with Crippen molar-refractivity contribution in [3.8, 4) is 11.5 Å². The van der Waals surface area contributed by atoms with Crippen molar-refractivity contribution in [1.29, 1.82) is 0 Å². The van der Waals surface area contributed by atoms with Crippen LogP contribution in [0.3, 0.4) is 0 Å². The third-order valence-corrected chi connectivity index (χ3v) is 6.03. The zero-order chi connectivity index (χ0) is 24.7. The minimum absolute atomic E-state index is 0.0182. The molecule has 0 N–H and O–H groups in total. The van der Waals surface area contributed by atoms with Crippen molar-refractivity contribution in [3.63, 3.8) is 0 Å². The van der Waals surface area contributed by atoms with Gasteiger partial charge in [0, 0.05) is 6.20 Å². The predicted octanol–water partition coefficient (Wildman–Crippen LogP) is 5.13. The Morgan fingerprint density at radius 1 is 1.06 bits per heavy atom. The summed E-state index contributed by atoms with van der Waals surface area (Å²) in [5, 5.41) is 0.429. The van der Waals surface area contributed by atoms with Gasteiger partial charge in [-0.2, -0.15) is 0 Å². The fraction of sp³-hybridized carbons (Fsp3) is 0.179. The van der Waals surface area contributed by atoms with Gasteiger partial charge in [-0.3, -0.25) is 14.5 Å². The molecule has 5 rings (SSSR count). The molecule has 35 heavy (non-hydrogen) atoms. The van der Waals surface area contributed by atoms with Gasteiger partial charge in [0.1, 0.15) is 18.0 Å². The number of fused-ring (bicyclic) bond motifs is 2. The van der Waals surface area contributed by atoms with Crippen LogP contribution in [0.5, 0.6) is 11.5 Å². The number of anilines is 1. The van der Waals surface area contributed by atoms with Crippen LogP contribution in [0, 0.1) is 13.8 Å². The molecular formula is C28H24N2O5. The number of amides is 1. The maximum absolute atomic E-state index is 13.8. The van der Waals surface area contributed by atoms with E-state index in [1.165, 1.54) is 12.0 Å². The van der Waals surface area contributed by atoms with Gasteiger partial charge >= 0.3 is 0 Å². The topological polar surface area (TPSA) is 81.9 Å². The molecule has 2 aromatic heterocycles. The molecule has 2 aromatic carbocycles. The van der Waals surface area contributed by atoms with E-state index in [-0.39, 0.29) is 16.8 Å². The molecule has 1 atom stereocenters. The number of carbonyl (C=O) groups is 1. The SMILES string of the molecule is C=CCOc1ccc(C2c3c(oc4ccc(C)cc4c3=O)C(=O)N2c2ccc(C)cn2)cc1OC. The van der Waals surface area contributed by atoms with E-state index >= 15 is 0 Å². The monoisotopic (exact) mass is 468 g/mol. The number of aromatic nitrogens is 1. The lowest BCUT2D eigenvalue weighted by Gasteiger charge is -2.25. The number of aryl methyl sites for hydroxylation is 2. The summed E-state index contributed by atoms with van der Waals surface area (Å²) < 4.78 is 17.3. The third-order valence-electron chi connectivity index (χ3n) is 6.03. The summed E-state index contributed by atoms with van der Waals surface area (Å²) in [4.78, 5) is 33.4. The summed E-state index contributed by atoms with van der Waals surface area (Å²) in [5.41, 5.74) is 2.95. The number of rotatable bonds is 6. The summed E-state index contributed by atoms with van der Waals surface area (Å²) >= 11 is 0. The molecule has 3 heterocycles. The van der Waals surface area contributed by atoms with Gasteiger partial charge in [0.15, 0.2) is 16.9 Å². The second-order valence-corrected chi connectivity index (χ2v) is 8.46. The van der Waals surface area contributed by atoms with Crippen LogP contribution in [-0.2, 0) is 0 Å². The lowest BCUT2D eigenvalue weighted by molar-refractivity contribution is 0.0970. The van der Waals surface area contributed by atoms with E-state index in [2.05, 4.69) is 11.6 Å². The molecular weight excluding hydrogens is 444 g/mol. The van der Waals surface area contributed by atoms with E-state index in [9.17, 15) is 9.59 Å². The first-order valence-electron chi connectivity index (χ1n) is 11.2. The molecule has 0 spiro atoms.